The summed E-state index contributed by atoms with van der Waals surface area (Å²) in [6.07, 6.45) is -4.51. The fourth-order valence-corrected chi connectivity index (χ4v) is 4.45. The molecule has 0 saturated carbocycles. The first-order valence-electron chi connectivity index (χ1n) is 6.39. The SMILES string of the molecule is O=P(OCC(F)(F)F)(N1CCOCC1)N1CCOCC1. The number of hydrogen-bond acceptors (Lipinski definition) is 4. The number of alkyl halides is 3. The number of hydrogen-bond donors (Lipinski definition) is 0. The summed E-state index contributed by atoms with van der Waals surface area (Å²) in [4.78, 5) is 0. The summed E-state index contributed by atoms with van der Waals surface area (Å²) in [5, 5.41) is 0. The largest absolute Gasteiger partial charge is 0.412 e. The van der Waals surface area contributed by atoms with Crippen molar-refractivity contribution in [3.63, 3.8) is 0 Å². The van der Waals surface area contributed by atoms with Crippen LogP contribution in [0.3, 0.4) is 0 Å². The van der Waals surface area contributed by atoms with Crippen LogP contribution in [0.25, 0.3) is 0 Å². The van der Waals surface area contributed by atoms with Crippen LogP contribution in [0.4, 0.5) is 13.2 Å². The summed E-state index contributed by atoms with van der Waals surface area (Å²) in [5.74, 6) is 0. The molecule has 2 aliphatic heterocycles. The van der Waals surface area contributed by atoms with Gasteiger partial charge in [0.05, 0.1) is 26.4 Å². The van der Waals surface area contributed by atoms with Crippen LogP contribution in [0.1, 0.15) is 0 Å². The Labute approximate surface area is 115 Å². The molecule has 0 atom stereocenters. The molecule has 2 saturated heterocycles. The van der Waals surface area contributed by atoms with E-state index in [1.165, 1.54) is 9.34 Å². The lowest BCUT2D eigenvalue weighted by Gasteiger charge is -2.41. The minimum atomic E-state index is -4.51. The van der Waals surface area contributed by atoms with E-state index in [0.29, 0.717) is 52.6 Å². The van der Waals surface area contributed by atoms with Gasteiger partial charge in [0.1, 0.15) is 0 Å². The average molecular weight is 318 g/mol. The second-order valence-corrected chi connectivity index (χ2v) is 6.88. The third kappa shape index (κ3) is 4.16. The van der Waals surface area contributed by atoms with Crippen LogP contribution in [0, 0.1) is 0 Å². The minimum Gasteiger partial charge on any atom is -0.379 e. The molecule has 118 valence electrons. The Kier molecular flexibility index (Phi) is 5.44. The molecule has 0 aromatic heterocycles. The average Bonchev–Trinajstić information content (AvgIpc) is 2.46. The molecule has 2 heterocycles. The number of rotatable bonds is 4. The van der Waals surface area contributed by atoms with Gasteiger partial charge < -0.3 is 9.47 Å². The van der Waals surface area contributed by atoms with E-state index in [-0.39, 0.29) is 0 Å². The fraction of sp³-hybridized carbons (Fsp3) is 1.00. The zero-order valence-corrected chi connectivity index (χ0v) is 11.9. The maximum atomic E-state index is 13.0. The molecule has 10 heteroatoms. The molecule has 0 aliphatic carbocycles. The van der Waals surface area contributed by atoms with E-state index in [4.69, 9.17) is 14.0 Å². The van der Waals surface area contributed by atoms with Gasteiger partial charge in [0.15, 0.2) is 6.61 Å². The predicted molar refractivity (Wildman–Crippen MR) is 64.4 cm³/mol. The zero-order valence-electron chi connectivity index (χ0n) is 11.0. The highest BCUT2D eigenvalue weighted by Gasteiger charge is 2.43. The number of nitrogens with zero attached hydrogens (tertiary/aromatic N) is 2. The van der Waals surface area contributed by atoms with Crippen LogP contribution in [0.15, 0.2) is 0 Å². The van der Waals surface area contributed by atoms with Crippen LogP contribution >= 0.6 is 7.67 Å². The molecule has 2 aliphatic rings. The van der Waals surface area contributed by atoms with Crippen molar-refractivity contribution in [1.29, 1.82) is 0 Å². The maximum Gasteiger partial charge on any atom is 0.412 e. The molecular formula is C10H18F3N2O4P. The standard InChI is InChI=1S/C10H18F3N2O4P/c11-10(12,13)9-19-20(16,14-1-5-17-6-2-14)15-3-7-18-8-4-15/h1-9H2. The lowest BCUT2D eigenvalue weighted by Crippen LogP contribution is -2.44. The zero-order chi connectivity index (χ0) is 14.6. The highest BCUT2D eigenvalue weighted by molar-refractivity contribution is 7.54. The Morgan fingerprint density at radius 2 is 1.35 bits per heavy atom. The van der Waals surface area contributed by atoms with Crippen molar-refractivity contribution < 1.29 is 31.7 Å². The lowest BCUT2D eigenvalue weighted by molar-refractivity contribution is -0.156. The first kappa shape index (κ1) is 16.2. The van der Waals surface area contributed by atoms with Crippen molar-refractivity contribution in [2.45, 2.75) is 6.18 Å². The highest BCUT2D eigenvalue weighted by Crippen LogP contribution is 2.55. The van der Waals surface area contributed by atoms with E-state index in [2.05, 4.69) is 0 Å². The topological polar surface area (TPSA) is 51.2 Å². The van der Waals surface area contributed by atoms with E-state index in [1.807, 2.05) is 0 Å². The Bertz CT molecular complexity index is 335. The fourth-order valence-electron chi connectivity index (χ4n) is 2.11. The molecule has 2 rings (SSSR count). The second kappa shape index (κ2) is 6.72. The van der Waals surface area contributed by atoms with Crippen molar-refractivity contribution in [1.82, 2.24) is 9.34 Å². The van der Waals surface area contributed by atoms with Gasteiger partial charge in [-0.15, -0.1) is 0 Å². The molecule has 0 unspecified atom stereocenters. The van der Waals surface area contributed by atoms with Gasteiger partial charge in [-0.25, -0.2) is 9.34 Å². The van der Waals surface area contributed by atoms with E-state index >= 15 is 0 Å². The van der Waals surface area contributed by atoms with E-state index < -0.39 is 20.5 Å². The summed E-state index contributed by atoms with van der Waals surface area (Å²) in [6, 6.07) is 0. The van der Waals surface area contributed by atoms with Gasteiger partial charge in [0.25, 0.3) is 0 Å². The van der Waals surface area contributed by atoms with Crippen LogP contribution in [0.5, 0.6) is 0 Å². The van der Waals surface area contributed by atoms with Crippen LogP contribution in [0.2, 0.25) is 0 Å². The van der Waals surface area contributed by atoms with Crippen molar-refractivity contribution in [3.05, 3.63) is 0 Å². The van der Waals surface area contributed by atoms with E-state index in [9.17, 15) is 17.7 Å². The smallest absolute Gasteiger partial charge is 0.379 e. The molecule has 0 N–H and O–H groups in total. The summed E-state index contributed by atoms with van der Waals surface area (Å²) >= 11 is 0. The maximum absolute atomic E-state index is 13.0. The van der Waals surface area contributed by atoms with Crippen LogP contribution < -0.4 is 0 Å². The Balaban J connectivity index is 2.10. The second-order valence-electron chi connectivity index (χ2n) is 4.51. The van der Waals surface area contributed by atoms with Crippen LogP contribution in [-0.4, -0.2) is 74.7 Å². The molecule has 6 nitrogen and oxygen atoms in total. The van der Waals surface area contributed by atoms with Gasteiger partial charge in [-0.1, -0.05) is 0 Å². The number of halogens is 3. The molecule has 0 spiro atoms. The minimum absolute atomic E-state index is 0.298. The molecule has 0 amide bonds. The number of morpholine rings is 2. The molecule has 0 aromatic carbocycles. The van der Waals surface area contributed by atoms with E-state index in [0.717, 1.165) is 0 Å². The monoisotopic (exact) mass is 318 g/mol. The quantitative estimate of drug-likeness (QED) is 0.729. The molecule has 0 radical (unpaired) electrons. The highest BCUT2D eigenvalue weighted by atomic mass is 31.2. The van der Waals surface area contributed by atoms with Crippen molar-refractivity contribution in [2.75, 3.05) is 59.2 Å². The van der Waals surface area contributed by atoms with Gasteiger partial charge in [-0.05, 0) is 0 Å². The van der Waals surface area contributed by atoms with Crippen molar-refractivity contribution >= 4 is 7.67 Å². The summed E-state index contributed by atoms with van der Waals surface area (Å²) in [7, 11) is -3.68. The molecule has 0 aromatic rings. The molecule has 20 heavy (non-hydrogen) atoms. The normalized spacial score (nSPS) is 23.9. The summed E-state index contributed by atoms with van der Waals surface area (Å²) < 4.78 is 68.2. The Hall–Kier alpha value is -0.180. The first-order chi connectivity index (χ1) is 9.42. The van der Waals surface area contributed by atoms with E-state index in [1.54, 1.807) is 0 Å². The van der Waals surface area contributed by atoms with Crippen molar-refractivity contribution in [3.8, 4) is 0 Å². The Morgan fingerprint density at radius 1 is 0.950 bits per heavy atom. The van der Waals surface area contributed by atoms with Gasteiger partial charge in [-0.3, -0.25) is 9.09 Å². The van der Waals surface area contributed by atoms with Gasteiger partial charge >= 0.3 is 13.8 Å². The first-order valence-corrected chi connectivity index (χ1v) is 7.92. The third-order valence-corrected chi connectivity index (χ3v) is 5.78. The van der Waals surface area contributed by atoms with Crippen molar-refractivity contribution in [2.24, 2.45) is 0 Å². The molecular weight excluding hydrogens is 300 g/mol. The summed E-state index contributed by atoms with van der Waals surface area (Å²) in [5.41, 5.74) is 0. The summed E-state index contributed by atoms with van der Waals surface area (Å²) in [6.45, 7) is 1.03. The lowest BCUT2D eigenvalue weighted by atomic mass is 10.5. The van der Waals surface area contributed by atoms with Gasteiger partial charge in [-0.2, -0.15) is 13.2 Å². The predicted octanol–water partition coefficient (Wildman–Crippen LogP) is 1.34. The molecule has 0 bridgehead atoms. The molecule has 2 fully saturated rings. The third-order valence-electron chi connectivity index (χ3n) is 3.09. The van der Waals surface area contributed by atoms with Gasteiger partial charge in [0.2, 0.25) is 0 Å². The van der Waals surface area contributed by atoms with Gasteiger partial charge in [0, 0.05) is 26.2 Å². The van der Waals surface area contributed by atoms with Crippen LogP contribution in [-0.2, 0) is 18.6 Å². The Morgan fingerprint density at radius 3 is 1.70 bits per heavy atom. The number of ether oxygens (including phenoxy) is 2.